The van der Waals surface area contributed by atoms with Crippen molar-refractivity contribution in [1.82, 2.24) is 24.7 Å². The number of nitrogens with two attached hydrogens (primary N) is 1. The van der Waals surface area contributed by atoms with Crippen LogP contribution >= 0.6 is 0 Å². The molecule has 0 aliphatic heterocycles. The molecule has 92 valence electrons. The summed E-state index contributed by atoms with van der Waals surface area (Å²) in [5.41, 5.74) is 2.33. The van der Waals surface area contributed by atoms with Gasteiger partial charge in [0, 0.05) is 12.4 Å². The van der Waals surface area contributed by atoms with E-state index in [9.17, 15) is 0 Å². The summed E-state index contributed by atoms with van der Waals surface area (Å²) in [5, 5.41) is 4.00. The lowest BCUT2D eigenvalue weighted by Gasteiger charge is -2.09. The summed E-state index contributed by atoms with van der Waals surface area (Å²) >= 11 is 0. The second-order valence-corrected chi connectivity index (χ2v) is 3.26. The Bertz CT molecular complexity index is 560. The van der Waals surface area contributed by atoms with Gasteiger partial charge in [-0.15, -0.1) is 6.42 Å². The smallest absolute Gasteiger partial charge is 0.324 e. The summed E-state index contributed by atoms with van der Waals surface area (Å²) in [7, 11) is 0. The summed E-state index contributed by atoms with van der Waals surface area (Å²) in [5.74, 6) is 8.13. The Balaban J connectivity index is 2.37. The van der Waals surface area contributed by atoms with Crippen molar-refractivity contribution in [3.63, 3.8) is 0 Å². The number of aromatic nitrogens is 5. The van der Waals surface area contributed by atoms with Crippen molar-refractivity contribution < 1.29 is 4.74 Å². The van der Waals surface area contributed by atoms with Gasteiger partial charge in [0.25, 0.3) is 5.95 Å². The molecular weight excluding hydrogens is 234 g/mol. The number of anilines is 1. The highest BCUT2D eigenvalue weighted by Gasteiger charge is 2.10. The normalized spacial score (nSPS) is 11.6. The van der Waals surface area contributed by atoms with Crippen molar-refractivity contribution >= 4 is 5.95 Å². The van der Waals surface area contributed by atoms with E-state index in [1.807, 2.05) is 0 Å². The number of terminal acetylenes is 1. The highest BCUT2D eigenvalue weighted by Crippen LogP contribution is 2.10. The van der Waals surface area contributed by atoms with Gasteiger partial charge in [-0.1, -0.05) is 5.92 Å². The van der Waals surface area contributed by atoms with Crippen LogP contribution in [0.1, 0.15) is 6.92 Å². The van der Waals surface area contributed by atoms with Gasteiger partial charge in [-0.2, -0.15) is 20.1 Å². The monoisotopic (exact) mass is 245 g/mol. The van der Waals surface area contributed by atoms with E-state index < -0.39 is 6.10 Å². The number of nitrogen functional groups attached to an aromatic ring is 1. The van der Waals surface area contributed by atoms with Gasteiger partial charge in [0.05, 0.1) is 0 Å². The van der Waals surface area contributed by atoms with Crippen LogP contribution in [0.3, 0.4) is 0 Å². The van der Waals surface area contributed by atoms with E-state index in [0.717, 1.165) is 0 Å². The molecule has 18 heavy (non-hydrogen) atoms. The molecule has 8 heteroatoms. The summed E-state index contributed by atoms with van der Waals surface area (Å²) < 4.78 is 6.76. The summed E-state index contributed by atoms with van der Waals surface area (Å²) in [6, 6.07) is 1.82. The fraction of sp³-hybridized carbons (Fsp3) is 0.200. The molecule has 0 aromatic carbocycles. The summed E-state index contributed by atoms with van der Waals surface area (Å²) in [6.45, 7) is 1.70. The van der Waals surface area contributed by atoms with Crippen LogP contribution in [-0.4, -0.2) is 30.8 Å². The third-order valence-electron chi connectivity index (χ3n) is 1.96. The molecule has 0 aliphatic carbocycles. The van der Waals surface area contributed by atoms with Crippen LogP contribution in [0.4, 0.5) is 5.95 Å². The molecule has 2 heterocycles. The maximum Gasteiger partial charge on any atom is 0.324 e. The molecule has 0 saturated carbocycles. The maximum absolute atomic E-state index is 5.31. The molecule has 0 saturated heterocycles. The SMILES string of the molecule is C#CC(C)Oc1nc(NN)nc(-n2cccn2)n1. The number of nitrogens with zero attached hydrogens (tertiary/aromatic N) is 5. The fourth-order valence-corrected chi connectivity index (χ4v) is 1.14. The van der Waals surface area contributed by atoms with E-state index in [2.05, 4.69) is 31.4 Å². The molecule has 2 rings (SSSR count). The lowest BCUT2D eigenvalue weighted by molar-refractivity contribution is 0.255. The number of hydrogen-bond acceptors (Lipinski definition) is 7. The zero-order valence-electron chi connectivity index (χ0n) is 9.61. The lowest BCUT2D eigenvalue weighted by atomic mass is 10.4. The van der Waals surface area contributed by atoms with E-state index in [4.69, 9.17) is 17.0 Å². The molecule has 0 spiro atoms. The highest BCUT2D eigenvalue weighted by molar-refractivity contribution is 5.28. The first kappa shape index (κ1) is 11.8. The largest absolute Gasteiger partial charge is 0.447 e. The zero-order chi connectivity index (χ0) is 13.0. The topological polar surface area (TPSA) is 104 Å². The molecule has 0 fully saturated rings. The van der Waals surface area contributed by atoms with Gasteiger partial charge in [0.2, 0.25) is 5.95 Å². The Morgan fingerprint density at radius 1 is 1.50 bits per heavy atom. The predicted molar refractivity (Wildman–Crippen MR) is 63.7 cm³/mol. The number of nitrogens with one attached hydrogen (secondary N) is 1. The number of ether oxygens (including phenoxy) is 1. The van der Waals surface area contributed by atoms with Gasteiger partial charge in [0.15, 0.2) is 6.10 Å². The third kappa shape index (κ3) is 2.53. The second kappa shape index (κ2) is 5.11. The van der Waals surface area contributed by atoms with E-state index in [-0.39, 0.29) is 17.9 Å². The predicted octanol–water partition coefficient (Wildman–Crippen LogP) is -0.257. The van der Waals surface area contributed by atoms with Gasteiger partial charge in [0.1, 0.15) is 0 Å². The van der Waals surface area contributed by atoms with Crippen molar-refractivity contribution in [2.24, 2.45) is 5.84 Å². The van der Waals surface area contributed by atoms with Crippen LogP contribution in [0.2, 0.25) is 0 Å². The third-order valence-corrected chi connectivity index (χ3v) is 1.96. The van der Waals surface area contributed by atoms with E-state index >= 15 is 0 Å². The minimum absolute atomic E-state index is 0.0777. The molecule has 1 unspecified atom stereocenters. The fourth-order valence-electron chi connectivity index (χ4n) is 1.14. The molecule has 2 aromatic rings. The van der Waals surface area contributed by atoms with Crippen molar-refractivity contribution in [1.29, 1.82) is 0 Å². The molecular formula is C10H11N7O. The van der Waals surface area contributed by atoms with Crippen molar-refractivity contribution in [2.45, 2.75) is 13.0 Å². The number of rotatable bonds is 4. The molecule has 0 amide bonds. The second-order valence-electron chi connectivity index (χ2n) is 3.26. The minimum Gasteiger partial charge on any atom is -0.447 e. The van der Waals surface area contributed by atoms with Crippen molar-refractivity contribution in [3.8, 4) is 24.3 Å². The summed E-state index contributed by atoms with van der Waals surface area (Å²) in [6.07, 6.45) is 8.05. The van der Waals surface area contributed by atoms with E-state index in [0.29, 0.717) is 0 Å². The zero-order valence-corrected chi connectivity index (χ0v) is 9.61. The number of hydrazine groups is 1. The quantitative estimate of drug-likeness (QED) is 0.434. The van der Waals surface area contributed by atoms with Crippen molar-refractivity contribution in [2.75, 3.05) is 5.43 Å². The highest BCUT2D eigenvalue weighted by atomic mass is 16.5. The van der Waals surface area contributed by atoms with Crippen LogP contribution < -0.4 is 16.0 Å². The van der Waals surface area contributed by atoms with Crippen LogP contribution in [0.15, 0.2) is 18.5 Å². The minimum atomic E-state index is -0.455. The van der Waals surface area contributed by atoms with Crippen LogP contribution in [0.25, 0.3) is 5.95 Å². The van der Waals surface area contributed by atoms with E-state index in [1.54, 1.807) is 25.4 Å². The first-order valence-corrected chi connectivity index (χ1v) is 5.08. The Hall–Kier alpha value is -2.66. The first-order valence-electron chi connectivity index (χ1n) is 5.08. The molecule has 3 N–H and O–H groups in total. The lowest BCUT2D eigenvalue weighted by Crippen LogP contribution is -2.17. The van der Waals surface area contributed by atoms with E-state index in [1.165, 1.54) is 4.68 Å². The van der Waals surface area contributed by atoms with Gasteiger partial charge in [-0.3, -0.25) is 5.43 Å². The Morgan fingerprint density at radius 3 is 2.94 bits per heavy atom. The van der Waals surface area contributed by atoms with Gasteiger partial charge >= 0.3 is 6.01 Å². The molecule has 0 bridgehead atoms. The Kier molecular flexibility index (Phi) is 3.36. The van der Waals surface area contributed by atoms with Gasteiger partial charge in [-0.05, 0) is 13.0 Å². The van der Waals surface area contributed by atoms with Crippen LogP contribution in [0.5, 0.6) is 6.01 Å². The van der Waals surface area contributed by atoms with Crippen LogP contribution in [-0.2, 0) is 0 Å². The first-order chi connectivity index (χ1) is 8.72. The maximum atomic E-state index is 5.31. The van der Waals surface area contributed by atoms with Crippen LogP contribution in [0, 0.1) is 12.3 Å². The Labute approximate surface area is 103 Å². The average molecular weight is 245 g/mol. The standard InChI is InChI=1S/C10H11N7O/c1-3-7(2)18-10-14-8(16-11)13-9(15-10)17-6-4-5-12-17/h1,4-7H,11H2,2H3,(H,13,14,15,16). The van der Waals surface area contributed by atoms with Gasteiger partial charge < -0.3 is 4.74 Å². The molecule has 1 atom stereocenters. The Morgan fingerprint density at radius 2 is 2.33 bits per heavy atom. The molecule has 2 aromatic heterocycles. The van der Waals surface area contributed by atoms with Gasteiger partial charge in [-0.25, -0.2) is 10.5 Å². The number of hydrogen-bond donors (Lipinski definition) is 2. The molecule has 0 aliphatic rings. The summed E-state index contributed by atoms with van der Waals surface area (Å²) in [4.78, 5) is 12.0. The molecule has 0 radical (unpaired) electrons. The van der Waals surface area contributed by atoms with Crippen molar-refractivity contribution in [3.05, 3.63) is 18.5 Å². The average Bonchev–Trinajstić information content (AvgIpc) is 2.92. The molecule has 8 nitrogen and oxygen atoms in total.